The summed E-state index contributed by atoms with van der Waals surface area (Å²) in [4.78, 5) is 5.43. The molecule has 0 aliphatic heterocycles. The van der Waals surface area contributed by atoms with Crippen LogP contribution in [0.25, 0.3) is 0 Å². The molecule has 6 nitrogen and oxygen atoms in total. The molecule has 1 atom stereocenters. The fraction of sp³-hybridized carbons (Fsp3) is 0.333. The molecule has 0 spiro atoms. The van der Waals surface area contributed by atoms with Crippen LogP contribution in [0.1, 0.15) is 17.4 Å². The van der Waals surface area contributed by atoms with Gasteiger partial charge in [0, 0.05) is 24.9 Å². The van der Waals surface area contributed by atoms with Gasteiger partial charge in [0.15, 0.2) is 5.82 Å². The fourth-order valence-electron chi connectivity index (χ4n) is 1.31. The minimum Gasteiger partial charge on any atom is -0.324 e. The second kappa shape index (κ2) is 4.14. The van der Waals surface area contributed by atoms with E-state index in [1.165, 1.54) is 4.80 Å². The second-order valence-corrected chi connectivity index (χ2v) is 3.29. The van der Waals surface area contributed by atoms with Crippen LogP contribution in [-0.4, -0.2) is 25.2 Å². The van der Waals surface area contributed by atoms with Gasteiger partial charge in [-0.1, -0.05) is 6.07 Å². The van der Waals surface area contributed by atoms with Gasteiger partial charge in [0.05, 0.1) is 7.05 Å². The molecular formula is C9H12N6. The first-order valence-corrected chi connectivity index (χ1v) is 4.64. The van der Waals surface area contributed by atoms with E-state index in [2.05, 4.69) is 20.4 Å². The Morgan fingerprint density at radius 2 is 2.40 bits per heavy atom. The van der Waals surface area contributed by atoms with Gasteiger partial charge in [-0.05, 0) is 16.8 Å². The summed E-state index contributed by atoms with van der Waals surface area (Å²) in [5.74, 6) is 0.647. The summed E-state index contributed by atoms with van der Waals surface area (Å²) in [6.07, 6.45) is 4.04. The maximum absolute atomic E-state index is 5.98. The first kappa shape index (κ1) is 9.72. The number of tetrazole rings is 1. The highest BCUT2D eigenvalue weighted by atomic mass is 15.6. The van der Waals surface area contributed by atoms with Gasteiger partial charge in [-0.3, -0.25) is 4.98 Å². The average molecular weight is 204 g/mol. The Balaban J connectivity index is 2.07. The van der Waals surface area contributed by atoms with Crippen LogP contribution < -0.4 is 5.73 Å². The normalized spacial score (nSPS) is 12.7. The van der Waals surface area contributed by atoms with Crippen LogP contribution in [0, 0.1) is 0 Å². The number of rotatable bonds is 3. The molecule has 2 aromatic heterocycles. The molecule has 0 radical (unpaired) electrons. The zero-order chi connectivity index (χ0) is 10.7. The van der Waals surface area contributed by atoms with Gasteiger partial charge in [0.1, 0.15) is 0 Å². The van der Waals surface area contributed by atoms with Gasteiger partial charge < -0.3 is 5.73 Å². The van der Waals surface area contributed by atoms with Crippen LogP contribution in [0.4, 0.5) is 0 Å². The Kier molecular flexibility index (Phi) is 2.68. The van der Waals surface area contributed by atoms with Crippen molar-refractivity contribution in [2.24, 2.45) is 12.8 Å². The number of aryl methyl sites for hydroxylation is 1. The molecule has 78 valence electrons. The third-order valence-electron chi connectivity index (χ3n) is 2.06. The molecule has 0 aromatic carbocycles. The Morgan fingerprint density at radius 1 is 1.53 bits per heavy atom. The third-order valence-corrected chi connectivity index (χ3v) is 2.06. The number of aromatic nitrogens is 5. The van der Waals surface area contributed by atoms with Gasteiger partial charge in [-0.25, -0.2) is 0 Å². The van der Waals surface area contributed by atoms with Crippen LogP contribution in [0.15, 0.2) is 24.5 Å². The summed E-state index contributed by atoms with van der Waals surface area (Å²) in [6.45, 7) is 0. The average Bonchev–Trinajstić information content (AvgIpc) is 2.65. The standard InChI is InChI=1S/C9H12N6/c1-15-13-9(12-14-15)5-8(10)7-3-2-4-11-6-7/h2-4,6,8H,5,10H2,1H3. The second-order valence-electron chi connectivity index (χ2n) is 3.29. The molecular weight excluding hydrogens is 192 g/mol. The predicted octanol–water partition coefficient (Wildman–Crippen LogP) is -0.152. The molecule has 0 aliphatic carbocycles. The zero-order valence-corrected chi connectivity index (χ0v) is 8.41. The summed E-state index contributed by atoms with van der Waals surface area (Å²) in [5.41, 5.74) is 6.96. The Hall–Kier alpha value is -1.82. The van der Waals surface area contributed by atoms with Crippen LogP contribution in [0.2, 0.25) is 0 Å². The van der Waals surface area contributed by atoms with Crippen molar-refractivity contribution >= 4 is 0 Å². The lowest BCUT2D eigenvalue weighted by Crippen LogP contribution is -2.14. The Labute approximate surface area is 87.1 Å². The van der Waals surface area contributed by atoms with Gasteiger partial charge in [-0.2, -0.15) is 4.80 Å². The van der Waals surface area contributed by atoms with Crippen molar-refractivity contribution in [2.45, 2.75) is 12.5 Å². The highest BCUT2D eigenvalue weighted by Gasteiger charge is 2.10. The van der Waals surface area contributed by atoms with Crippen molar-refractivity contribution < 1.29 is 0 Å². The summed E-state index contributed by atoms with van der Waals surface area (Å²) in [6, 6.07) is 3.66. The first-order valence-electron chi connectivity index (χ1n) is 4.64. The number of nitrogens with zero attached hydrogens (tertiary/aromatic N) is 5. The van der Waals surface area contributed by atoms with Gasteiger partial charge in [-0.15, -0.1) is 10.2 Å². The monoisotopic (exact) mass is 204 g/mol. The number of hydrogen-bond acceptors (Lipinski definition) is 5. The SMILES string of the molecule is Cn1nnc(CC(N)c2cccnc2)n1. The number of pyridine rings is 1. The molecule has 15 heavy (non-hydrogen) atoms. The smallest absolute Gasteiger partial charge is 0.176 e. The first-order chi connectivity index (χ1) is 7.25. The fourth-order valence-corrected chi connectivity index (χ4v) is 1.31. The minimum absolute atomic E-state index is 0.136. The third kappa shape index (κ3) is 2.35. The molecule has 0 saturated carbocycles. The molecule has 2 rings (SSSR count). The molecule has 0 fully saturated rings. The molecule has 6 heteroatoms. The largest absolute Gasteiger partial charge is 0.324 e. The van der Waals surface area contributed by atoms with Crippen molar-refractivity contribution in [3.8, 4) is 0 Å². The molecule has 0 saturated heterocycles. The lowest BCUT2D eigenvalue weighted by atomic mass is 10.1. The molecule has 1 unspecified atom stereocenters. The number of nitrogens with two attached hydrogens (primary N) is 1. The summed E-state index contributed by atoms with van der Waals surface area (Å²) in [5, 5.41) is 11.7. The van der Waals surface area contributed by atoms with E-state index < -0.39 is 0 Å². The summed E-state index contributed by atoms with van der Waals surface area (Å²) >= 11 is 0. The lowest BCUT2D eigenvalue weighted by molar-refractivity contribution is 0.622. The van der Waals surface area contributed by atoms with Crippen molar-refractivity contribution in [3.63, 3.8) is 0 Å². The molecule has 0 aliphatic rings. The van der Waals surface area contributed by atoms with Gasteiger partial charge in [0.25, 0.3) is 0 Å². The van der Waals surface area contributed by atoms with E-state index in [1.54, 1.807) is 19.4 Å². The Morgan fingerprint density at radius 3 is 3.00 bits per heavy atom. The quantitative estimate of drug-likeness (QED) is 0.751. The molecule has 0 amide bonds. The van der Waals surface area contributed by atoms with E-state index in [0.717, 1.165) is 5.56 Å². The van der Waals surface area contributed by atoms with Crippen molar-refractivity contribution in [1.29, 1.82) is 0 Å². The van der Waals surface area contributed by atoms with Crippen LogP contribution in [0.3, 0.4) is 0 Å². The van der Waals surface area contributed by atoms with Crippen LogP contribution >= 0.6 is 0 Å². The topological polar surface area (TPSA) is 82.5 Å². The molecule has 2 N–H and O–H groups in total. The maximum Gasteiger partial charge on any atom is 0.176 e. The number of hydrogen-bond donors (Lipinski definition) is 1. The highest BCUT2D eigenvalue weighted by molar-refractivity contribution is 5.14. The van der Waals surface area contributed by atoms with E-state index in [-0.39, 0.29) is 6.04 Å². The zero-order valence-electron chi connectivity index (χ0n) is 8.41. The van der Waals surface area contributed by atoms with Crippen molar-refractivity contribution in [1.82, 2.24) is 25.2 Å². The van der Waals surface area contributed by atoms with Gasteiger partial charge in [0.2, 0.25) is 0 Å². The Bertz CT molecular complexity index is 423. The van der Waals surface area contributed by atoms with Crippen molar-refractivity contribution in [3.05, 3.63) is 35.9 Å². The van der Waals surface area contributed by atoms with E-state index in [9.17, 15) is 0 Å². The van der Waals surface area contributed by atoms with E-state index in [1.807, 2.05) is 12.1 Å². The van der Waals surface area contributed by atoms with E-state index >= 15 is 0 Å². The van der Waals surface area contributed by atoms with Crippen LogP contribution in [0.5, 0.6) is 0 Å². The summed E-state index contributed by atoms with van der Waals surface area (Å²) < 4.78 is 0. The molecule has 2 heterocycles. The maximum atomic E-state index is 5.98. The lowest BCUT2D eigenvalue weighted by Gasteiger charge is -2.07. The van der Waals surface area contributed by atoms with Crippen molar-refractivity contribution in [2.75, 3.05) is 0 Å². The predicted molar refractivity (Wildman–Crippen MR) is 53.7 cm³/mol. The minimum atomic E-state index is -0.136. The molecule has 2 aromatic rings. The highest BCUT2D eigenvalue weighted by Crippen LogP contribution is 2.11. The summed E-state index contributed by atoms with van der Waals surface area (Å²) in [7, 11) is 1.73. The molecule has 0 bridgehead atoms. The van der Waals surface area contributed by atoms with E-state index in [4.69, 9.17) is 5.73 Å². The van der Waals surface area contributed by atoms with Crippen LogP contribution in [-0.2, 0) is 13.5 Å². The van der Waals surface area contributed by atoms with Gasteiger partial charge >= 0.3 is 0 Å². The van der Waals surface area contributed by atoms with E-state index in [0.29, 0.717) is 12.2 Å².